The molecule has 0 radical (unpaired) electrons. The number of nitrogens with zero attached hydrogens (tertiary/aromatic N) is 5. The molecule has 0 aliphatic heterocycles. The topological polar surface area (TPSA) is 63.9 Å². The minimum Gasteiger partial charge on any atom is -0.341 e. The summed E-state index contributed by atoms with van der Waals surface area (Å²) in [6.45, 7) is 0.504. The van der Waals surface area contributed by atoms with E-state index in [1.807, 2.05) is 54.6 Å². The highest BCUT2D eigenvalue weighted by atomic mass is 35.5. The van der Waals surface area contributed by atoms with Gasteiger partial charge in [-0.3, -0.25) is 4.79 Å². The summed E-state index contributed by atoms with van der Waals surface area (Å²) in [7, 11) is 1.77. The van der Waals surface area contributed by atoms with E-state index < -0.39 is 0 Å². The summed E-state index contributed by atoms with van der Waals surface area (Å²) in [4.78, 5) is 14.0. The number of hydrogen-bond donors (Lipinski definition) is 0. The van der Waals surface area contributed by atoms with Crippen LogP contribution in [0.5, 0.6) is 0 Å². The molecule has 0 atom stereocenters. The van der Waals surface area contributed by atoms with Gasteiger partial charge in [0.15, 0.2) is 0 Å². The third kappa shape index (κ3) is 4.58. The van der Waals surface area contributed by atoms with E-state index >= 15 is 0 Å². The number of para-hydroxylation sites is 1. The highest BCUT2D eigenvalue weighted by Crippen LogP contribution is 2.19. The van der Waals surface area contributed by atoms with Crippen molar-refractivity contribution in [3.05, 3.63) is 65.2 Å². The molecular formula is C17H16ClN5OS. The van der Waals surface area contributed by atoms with Gasteiger partial charge in [0, 0.05) is 18.6 Å². The van der Waals surface area contributed by atoms with E-state index in [1.54, 1.807) is 16.6 Å². The average Bonchev–Trinajstić information content (AvgIpc) is 3.09. The van der Waals surface area contributed by atoms with Gasteiger partial charge in [-0.05, 0) is 40.3 Å². The van der Waals surface area contributed by atoms with E-state index in [-0.39, 0.29) is 11.7 Å². The zero-order valence-electron chi connectivity index (χ0n) is 13.5. The zero-order chi connectivity index (χ0) is 17.6. The maximum atomic E-state index is 12.4. The lowest BCUT2D eigenvalue weighted by atomic mass is 10.2. The van der Waals surface area contributed by atoms with Crippen LogP contribution in [-0.4, -0.2) is 43.8 Å². The van der Waals surface area contributed by atoms with Gasteiger partial charge < -0.3 is 4.90 Å². The van der Waals surface area contributed by atoms with E-state index in [4.69, 9.17) is 11.6 Å². The summed E-state index contributed by atoms with van der Waals surface area (Å²) in [5, 5.41) is 12.9. The third-order valence-corrected chi connectivity index (χ3v) is 4.64. The lowest BCUT2D eigenvalue weighted by Gasteiger charge is -2.17. The van der Waals surface area contributed by atoms with Crippen molar-refractivity contribution in [3.63, 3.8) is 0 Å². The van der Waals surface area contributed by atoms with Crippen molar-refractivity contribution < 1.29 is 4.79 Å². The Labute approximate surface area is 154 Å². The quantitative estimate of drug-likeness (QED) is 0.621. The Morgan fingerprint density at radius 2 is 2.00 bits per heavy atom. The summed E-state index contributed by atoms with van der Waals surface area (Å²) in [6, 6.07) is 17.1. The number of aromatic nitrogens is 4. The van der Waals surface area contributed by atoms with Gasteiger partial charge in [-0.15, -0.1) is 5.10 Å². The standard InChI is InChI=1S/C17H16ClN5OS/c1-22(11-13-6-5-7-14(18)10-13)16(24)12-25-17-19-20-21-23(17)15-8-3-2-4-9-15/h2-10H,11-12H2,1H3. The molecule has 0 bridgehead atoms. The molecule has 0 fully saturated rings. The Balaban J connectivity index is 1.60. The molecule has 128 valence electrons. The van der Waals surface area contributed by atoms with Gasteiger partial charge in [0.1, 0.15) is 0 Å². The van der Waals surface area contributed by atoms with Gasteiger partial charge in [-0.25, -0.2) is 0 Å². The molecule has 25 heavy (non-hydrogen) atoms. The maximum Gasteiger partial charge on any atom is 0.233 e. The highest BCUT2D eigenvalue weighted by molar-refractivity contribution is 7.99. The monoisotopic (exact) mass is 373 g/mol. The van der Waals surface area contributed by atoms with Crippen molar-refractivity contribution in [2.75, 3.05) is 12.8 Å². The van der Waals surface area contributed by atoms with Crippen LogP contribution < -0.4 is 0 Å². The largest absolute Gasteiger partial charge is 0.341 e. The van der Waals surface area contributed by atoms with Crippen molar-refractivity contribution in [1.29, 1.82) is 0 Å². The number of hydrogen-bond acceptors (Lipinski definition) is 5. The smallest absolute Gasteiger partial charge is 0.233 e. The molecule has 2 aromatic carbocycles. The zero-order valence-corrected chi connectivity index (χ0v) is 15.1. The summed E-state index contributed by atoms with van der Waals surface area (Å²) in [6.07, 6.45) is 0. The summed E-state index contributed by atoms with van der Waals surface area (Å²) in [5.41, 5.74) is 1.84. The molecule has 3 aromatic rings. The Hall–Kier alpha value is -2.38. The molecule has 8 heteroatoms. The molecule has 0 aliphatic rings. The van der Waals surface area contributed by atoms with Gasteiger partial charge in [0.05, 0.1) is 11.4 Å². The molecule has 0 saturated heterocycles. The lowest BCUT2D eigenvalue weighted by molar-refractivity contribution is -0.127. The van der Waals surface area contributed by atoms with Gasteiger partial charge in [-0.1, -0.05) is 53.7 Å². The van der Waals surface area contributed by atoms with Crippen molar-refractivity contribution in [2.45, 2.75) is 11.7 Å². The fourth-order valence-corrected chi connectivity index (χ4v) is 3.28. The minimum atomic E-state index is -0.00686. The first-order valence-corrected chi connectivity index (χ1v) is 8.95. The second-order valence-corrected chi connectivity index (χ2v) is 6.76. The van der Waals surface area contributed by atoms with Crippen LogP contribution in [0.25, 0.3) is 5.69 Å². The second kappa shape index (κ2) is 8.13. The summed E-state index contributed by atoms with van der Waals surface area (Å²) < 4.78 is 1.62. The molecule has 0 N–H and O–H groups in total. The van der Waals surface area contributed by atoms with Crippen LogP contribution in [0.2, 0.25) is 5.02 Å². The predicted octanol–water partition coefficient (Wildman–Crippen LogP) is 3.07. The molecule has 0 aliphatic carbocycles. The van der Waals surface area contributed by atoms with Crippen molar-refractivity contribution in [1.82, 2.24) is 25.1 Å². The number of benzene rings is 2. The van der Waals surface area contributed by atoms with Gasteiger partial charge in [0.2, 0.25) is 11.1 Å². The molecule has 0 saturated carbocycles. The SMILES string of the molecule is CN(Cc1cccc(Cl)c1)C(=O)CSc1nnnn1-c1ccccc1. The van der Waals surface area contributed by atoms with E-state index in [0.717, 1.165) is 11.3 Å². The van der Waals surface area contributed by atoms with E-state index in [2.05, 4.69) is 15.5 Å². The second-order valence-electron chi connectivity index (χ2n) is 5.38. The number of thioether (sulfide) groups is 1. The number of halogens is 1. The Morgan fingerprint density at radius 1 is 1.20 bits per heavy atom. The van der Waals surface area contributed by atoms with Crippen molar-refractivity contribution in [2.24, 2.45) is 0 Å². The lowest BCUT2D eigenvalue weighted by Crippen LogP contribution is -2.27. The summed E-state index contributed by atoms with van der Waals surface area (Å²) >= 11 is 7.29. The van der Waals surface area contributed by atoms with Crippen LogP contribution in [0.15, 0.2) is 59.8 Å². The van der Waals surface area contributed by atoms with Crippen LogP contribution in [-0.2, 0) is 11.3 Å². The molecule has 1 aromatic heterocycles. The molecular weight excluding hydrogens is 358 g/mol. The first kappa shape index (κ1) is 17.4. The Kier molecular flexibility index (Phi) is 5.67. The fourth-order valence-electron chi connectivity index (χ4n) is 2.23. The molecule has 1 heterocycles. The number of tetrazole rings is 1. The first-order chi connectivity index (χ1) is 12.1. The number of carbonyl (C=O) groups excluding carboxylic acids is 1. The Bertz CT molecular complexity index is 855. The van der Waals surface area contributed by atoms with Crippen LogP contribution in [0, 0.1) is 0 Å². The van der Waals surface area contributed by atoms with Crippen LogP contribution >= 0.6 is 23.4 Å². The number of rotatable bonds is 6. The third-order valence-electron chi connectivity index (χ3n) is 3.50. The number of carbonyl (C=O) groups is 1. The van der Waals surface area contributed by atoms with Crippen molar-refractivity contribution in [3.8, 4) is 5.69 Å². The van der Waals surface area contributed by atoms with Crippen LogP contribution in [0.4, 0.5) is 0 Å². The molecule has 0 spiro atoms. The minimum absolute atomic E-state index is 0.00686. The first-order valence-electron chi connectivity index (χ1n) is 7.58. The van der Waals surface area contributed by atoms with Crippen LogP contribution in [0.3, 0.4) is 0 Å². The molecule has 0 unspecified atom stereocenters. The van der Waals surface area contributed by atoms with E-state index in [9.17, 15) is 4.79 Å². The summed E-state index contributed by atoms with van der Waals surface area (Å²) in [5.74, 6) is 0.247. The fraction of sp³-hybridized carbons (Fsp3) is 0.176. The van der Waals surface area contributed by atoms with E-state index in [0.29, 0.717) is 16.7 Å². The molecule has 3 rings (SSSR count). The molecule has 1 amide bonds. The molecule has 6 nitrogen and oxygen atoms in total. The van der Waals surface area contributed by atoms with Gasteiger partial charge >= 0.3 is 0 Å². The average molecular weight is 374 g/mol. The number of amides is 1. The maximum absolute atomic E-state index is 12.4. The predicted molar refractivity (Wildman–Crippen MR) is 97.8 cm³/mol. The van der Waals surface area contributed by atoms with Crippen molar-refractivity contribution >= 4 is 29.3 Å². The van der Waals surface area contributed by atoms with Crippen LogP contribution in [0.1, 0.15) is 5.56 Å². The van der Waals surface area contributed by atoms with Gasteiger partial charge in [-0.2, -0.15) is 4.68 Å². The van der Waals surface area contributed by atoms with Gasteiger partial charge in [0.25, 0.3) is 0 Å². The highest BCUT2D eigenvalue weighted by Gasteiger charge is 2.14. The normalized spacial score (nSPS) is 10.6. The Morgan fingerprint density at radius 3 is 2.76 bits per heavy atom. The van der Waals surface area contributed by atoms with E-state index in [1.165, 1.54) is 11.8 Å².